The van der Waals surface area contributed by atoms with Crippen LogP contribution in [-0.4, -0.2) is 37.8 Å². The smallest absolute Gasteiger partial charge is 0.322 e. The number of hydrogen-bond acceptors (Lipinski definition) is 6. The Kier molecular flexibility index (Phi) is 3.21. The van der Waals surface area contributed by atoms with E-state index in [0.717, 1.165) is 0 Å². The van der Waals surface area contributed by atoms with Crippen LogP contribution in [0.4, 0.5) is 0 Å². The molecule has 0 fully saturated rings. The number of aromatic nitrogens is 3. The molecule has 0 bridgehead atoms. The van der Waals surface area contributed by atoms with Crippen LogP contribution in [0.3, 0.4) is 0 Å². The maximum atomic E-state index is 12.1. The number of carbonyl (C=O) groups excluding carboxylic acids is 3. The largest absolute Gasteiger partial charge is 0.385 e. The fourth-order valence-corrected chi connectivity index (χ4v) is 2.14. The number of hydrogen-bond donors (Lipinski definition) is 0. The van der Waals surface area contributed by atoms with Crippen molar-refractivity contribution in [2.24, 2.45) is 0 Å². The summed E-state index contributed by atoms with van der Waals surface area (Å²) < 4.78 is 0. The van der Waals surface area contributed by atoms with Crippen LogP contribution in [0.2, 0.25) is 0 Å². The zero-order valence-corrected chi connectivity index (χ0v) is 11.9. The Labute approximate surface area is 125 Å². The van der Waals surface area contributed by atoms with Crippen LogP contribution in [-0.2, 0) is 11.4 Å². The molecule has 0 saturated heterocycles. The van der Waals surface area contributed by atoms with Gasteiger partial charge < -0.3 is 4.84 Å². The molecule has 0 N–H and O–H groups in total. The van der Waals surface area contributed by atoms with Crippen molar-refractivity contribution in [3.63, 3.8) is 0 Å². The number of fused-ring (bicyclic) bond motifs is 1. The number of rotatable bonds is 3. The van der Waals surface area contributed by atoms with E-state index in [4.69, 9.17) is 4.84 Å². The van der Waals surface area contributed by atoms with E-state index in [1.54, 1.807) is 19.1 Å². The molecule has 1 aliphatic rings. The Morgan fingerprint density at radius 3 is 2.23 bits per heavy atom. The van der Waals surface area contributed by atoms with E-state index in [9.17, 15) is 14.4 Å². The van der Waals surface area contributed by atoms with Gasteiger partial charge in [0.2, 0.25) is 0 Å². The number of aryl methyl sites for hydroxylation is 2. The number of carbonyl (C=O) groups is 3. The fraction of sp³-hybridized carbons (Fsp3) is 0.214. The summed E-state index contributed by atoms with van der Waals surface area (Å²) in [5.41, 5.74) is 0.741. The molecule has 0 radical (unpaired) electrons. The highest BCUT2D eigenvalue weighted by Crippen LogP contribution is 2.23. The Morgan fingerprint density at radius 2 is 1.73 bits per heavy atom. The number of nitrogens with zero attached hydrogens (tertiary/aromatic N) is 4. The summed E-state index contributed by atoms with van der Waals surface area (Å²) in [5, 5.41) is 8.43. The first-order valence-corrected chi connectivity index (χ1v) is 6.64. The highest BCUT2D eigenvalue weighted by atomic mass is 16.7. The second-order valence-electron chi connectivity index (χ2n) is 4.65. The summed E-state index contributed by atoms with van der Waals surface area (Å²) >= 11 is 0. The molecule has 0 aliphatic carbocycles. The highest BCUT2D eigenvalue weighted by molar-refractivity contribution is 6.21. The van der Waals surface area contributed by atoms with E-state index < -0.39 is 17.8 Å². The Bertz CT molecular complexity index is 761. The van der Waals surface area contributed by atoms with Gasteiger partial charge >= 0.3 is 5.97 Å². The Hall–Kier alpha value is -3.03. The molecule has 0 saturated carbocycles. The molecule has 2 aromatic rings. The summed E-state index contributed by atoms with van der Waals surface area (Å²) in [4.78, 5) is 42.6. The van der Waals surface area contributed by atoms with E-state index in [1.165, 1.54) is 16.9 Å². The van der Waals surface area contributed by atoms with Gasteiger partial charge in [0.05, 0.1) is 23.4 Å². The van der Waals surface area contributed by atoms with Crippen LogP contribution < -0.4 is 0 Å². The average Bonchev–Trinajstić information content (AvgIpc) is 3.01. The van der Waals surface area contributed by atoms with Crippen molar-refractivity contribution >= 4 is 17.8 Å². The maximum Gasteiger partial charge on any atom is 0.385 e. The Morgan fingerprint density at radius 1 is 1.14 bits per heavy atom. The fourth-order valence-electron chi connectivity index (χ4n) is 2.14. The number of benzene rings is 1. The van der Waals surface area contributed by atoms with Gasteiger partial charge in [0.15, 0.2) is 5.69 Å². The molecule has 0 atom stereocenters. The first-order chi connectivity index (χ1) is 10.5. The second kappa shape index (κ2) is 5.06. The zero-order chi connectivity index (χ0) is 15.9. The minimum Gasteiger partial charge on any atom is -0.322 e. The molecule has 8 nitrogen and oxygen atoms in total. The first-order valence-electron chi connectivity index (χ1n) is 6.64. The van der Waals surface area contributed by atoms with Gasteiger partial charge in [0, 0.05) is 0 Å². The molecule has 0 spiro atoms. The lowest BCUT2D eigenvalue weighted by atomic mass is 10.1. The molecule has 22 heavy (non-hydrogen) atoms. The highest BCUT2D eigenvalue weighted by Gasteiger charge is 2.39. The molecule has 0 unspecified atom stereocenters. The molecule has 2 heterocycles. The van der Waals surface area contributed by atoms with Crippen molar-refractivity contribution in [3.05, 3.63) is 46.8 Å². The second-order valence-corrected chi connectivity index (χ2v) is 4.65. The van der Waals surface area contributed by atoms with Crippen molar-refractivity contribution in [2.45, 2.75) is 20.4 Å². The van der Waals surface area contributed by atoms with Gasteiger partial charge in [-0.05, 0) is 26.0 Å². The summed E-state index contributed by atoms with van der Waals surface area (Å²) in [6.07, 6.45) is 0. The molecule has 2 amide bonds. The third-order valence-electron chi connectivity index (χ3n) is 3.23. The summed E-state index contributed by atoms with van der Waals surface area (Å²) in [5.74, 6) is -2.24. The lowest BCUT2D eigenvalue weighted by Gasteiger charge is -2.11. The predicted molar refractivity (Wildman–Crippen MR) is 72.8 cm³/mol. The number of imide groups is 1. The van der Waals surface area contributed by atoms with E-state index in [2.05, 4.69) is 10.2 Å². The zero-order valence-electron chi connectivity index (χ0n) is 11.9. The van der Waals surface area contributed by atoms with E-state index >= 15 is 0 Å². The minimum atomic E-state index is -0.897. The SMILES string of the molecule is CCn1nc(C)c(C(=O)ON2C(=O)c3ccccc3C2=O)n1. The average molecular weight is 300 g/mol. The predicted octanol–water partition coefficient (Wildman–Crippen LogP) is 0.974. The molecule has 112 valence electrons. The van der Waals surface area contributed by atoms with Gasteiger partial charge in [-0.15, -0.1) is 5.10 Å². The van der Waals surface area contributed by atoms with Gasteiger partial charge in [-0.3, -0.25) is 9.59 Å². The van der Waals surface area contributed by atoms with Gasteiger partial charge in [-0.1, -0.05) is 17.2 Å². The number of amides is 2. The van der Waals surface area contributed by atoms with Crippen molar-refractivity contribution in [2.75, 3.05) is 0 Å². The van der Waals surface area contributed by atoms with Crippen LogP contribution in [0.1, 0.15) is 43.8 Å². The summed E-state index contributed by atoms with van der Waals surface area (Å²) in [7, 11) is 0. The molecular weight excluding hydrogens is 288 g/mol. The van der Waals surface area contributed by atoms with Crippen LogP contribution >= 0.6 is 0 Å². The third kappa shape index (κ3) is 2.05. The molecular formula is C14H12N4O4. The molecule has 1 aliphatic heterocycles. The van der Waals surface area contributed by atoms with Gasteiger partial charge in [0.25, 0.3) is 11.8 Å². The van der Waals surface area contributed by atoms with Gasteiger partial charge in [-0.25, -0.2) is 4.79 Å². The summed E-state index contributed by atoms with van der Waals surface area (Å²) in [6.45, 7) is 3.90. The molecule has 8 heteroatoms. The van der Waals surface area contributed by atoms with E-state index in [-0.39, 0.29) is 16.8 Å². The quantitative estimate of drug-likeness (QED) is 0.784. The van der Waals surface area contributed by atoms with Crippen LogP contribution in [0.25, 0.3) is 0 Å². The van der Waals surface area contributed by atoms with Crippen LogP contribution in [0.15, 0.2) is 24.3 Å². The van der Waals surface area contributed by atoms with Crippen molar-refractivity contribution in [1.82, 2.24) is 20.1 Å². The normalized spacial score (nSPS) is 13.5. The monoisotopic (exact) mass is 300 g/mol. The molecule has 1 aromatic heterocycles. The third-order valence-corrected chi connectivity index (χ3v) is 3.23. The van der Waals surface area contributed by atoms with Crippen LogP contribution in [0, 0.1) is 6.92 Å². The first kappa shape index (κ1) is 13.9. The lowest BCUT2D eigenvalue weighted by molar-refractivity contribution is -0.0589. The number of hydroxylamine groups is 2. The minimum absolute atomic E-state index is 0.0293. The van der Waals surface area contributed by atoms with Gasteiger partial charge in [-0.2, -0.15) is 9.90 Å². The topological polar surface area (TPSA) is 94.4 Å². The van der Waals surface area contributed by atoms with Crippen molar-refractivity contribution in [3.8, 4) is 0 Å². The molecule has 1 aromatic carbocycles. The van der Waals surface area contributed by atoms with Crippen molar-refractivity contribution in [1.29, 1.82) is 0 Å². The summed E-state index contributed by atoms with van der Waals surface area (Å²) in [6, 6.07) is 6.27. The van der Waals surface area contributed by atoms with E-state index in [1.807, 2.05) is 6.92 Å². The van der Waals surface area contributed by atoms with Gasteiger partial charge in [0.1, 0.15) is 0 Å². The van der Waals surface area contributed by atoms with E-state index in [0.29, 0.717) is 17.3 Å². The standard InChI is InChI=1S/C14H12N4O4/c1-3-17-15-8(2)11(16-17)14(21)22-18-12(19)9-6-4-5-7-10(9)13(18)20/h4-7H,3H2,1-2H3. The molecule has 3 rings (SSSR count). The van der Waals surface area contributed by atoms with Crippen molar-refractivity contribution < 1.29 is 19.2 Å². The lowest BCUT2D eigenvalue weighted by Crippen LogP contribution is -2.33. The van der Waals surface area contributed by atoms with Crippen LogP contribution in [0.5, 0.6) is 0 Å². The Balaban J connectivity index is 1.85. The maximum absolute atomic E-state index is 12.1.